The van der Waals surface area contributed by atoms with Crippen molar-refractivity contribution in [3.63, 3.8) is 0 Å². The van der Waals surface area contributed by atoms with Gasteiger partial charge in [0.25, 0.3) is 0 Å². The molecule has 0 aliphatic rings. The Morgan fingerprint density at radius 3 is 2.40 bits per heavy atom. The van der Waals surface area contributed by atoms with Gasteiger partial charge in [-0.1, -0.05) is 30.3 Å². The molecule has 0 saturated heterocycles. The van der Waals surface area contributed by atoms with Crippen LogP contribution in [-0.4, -0.2) is 59.0 Å². The van der Waals surface area contributed by atoms with Crippen LogP contribution in [0.3, 0.4) is 0 Å². The minimum Gasteiger partial charge on any atom is -0.385 e. The summed E-state index contributed by atoms with van der Waals surface area (Å²) in [6.45, 7) is 6.31. The molecule has 35 heavy (non-hydrogen) atoms. The summed E-state index contributed by atoms with van der Waals surface area (Å²) in [4.78, 5) is 27.3. The molecule has 0 spiro atoms. The van der Waals surface area contributed by atoms with Crippen LogP contribution < -0.4 is 10.6 Å². The van der Waals surface area contributed by atoms with Gasteiger partial charge in [-0.15, -0.1) is 0 Å². The van der Waals surface area contributed by atoms with Gasteiger partial charge in [0.05, 0.1) is 11.4 Å². The lowest BCUT2D eigenvalue weighted by Crippen LogP contribution is -2.50. The van der Waals surface area contributed by atoms with Gasteiger partial charge in [0.2, 0.25) is 5.91 Å². The number of aromatic nitrogens is 2. The van der Waals surface area contributed by atoms with E-state index in [1.54, 1.807) is 30.0 Å². The number of nitrogens with zero attached hydrogens (tertiary/aromatic N) is 3. The molecule has 1 heterocycles. The molecule has 8 nitrogen and oxygen atoms in total. The molecule has 9 heteroatoms. The minimum absolute atomic E-state index is 0.152. The standard InChI is InChI=1S/C26H32FN5O3/c1-26(2,3)29-25(34)31(15-8-16-35-4)18-24(33)28-23-17-22(19-9-6-5-7-10-19)30-32(23)21-13-11-20(27)12-14-21/h5-7,9-14,17H,8,15-16,18H2,1-4H3,(H,28,33)(H,29,34). The van der Waals surface area contributed by atoms with Crippen molar-refractivity contribution in [1.82, 2.24) is 20.0 Å². The van der Waals surface area contributed by atoms with Gasteiger partial charge in [-0.3, -0.25) is 4.79 Å². The van der Waals surface area contributed by atoms with Crippen LogP contribution in [0.1, 0.15) is 27.2 Å². The molecule has 3 rings (SSSR count). The van der Waals surface area contributed by atoms with E-state index in [0.717, 1.165) is 5.56 Å². The van der Waals surface area contributed by atoms with E-state index in [0.29, 0.717) is 36.8 Å². The molecule has 0 atom stereocenters. The number of hydrogen-bond donors (Lipinski definition) is 2. The highest BCUT2D eigenvalue weighted by Gasteiger charge is 2.22. The van der Waals surface area contributed by atoms with E-state index in [4.69, 9.17) is 4.74 Å². The molecule has 186 valence electrons. The van der Waals surface area contributed by atoms with Gasteiger partial charge in [0.15, 0.2) is 0 Å². The first-order valence-electron chi connectivity index (χ1n) is 11.4. The van der Waals surface area contributed by atoms with Gasteiger partial charge in [-0.05, 0) is 51.5 Å². The lowest BCUT2D eigenvalue weighted by molar-refractivity contribution is -0.116. The number of benzene rings is 2. The Balaban J connectivity index is 1.84. The lowest BCUT2D eigenvalue weighted by atomic mass is 10.1. The highest BCUT2D eigenvalue weighted by Crippen LogP contribution is 2.25. The smallest absolute Gasteiger partial charge is 0.318 e. The first kappa shape index (κ1) is 25.9. The first-order valence-corrected chi connectivity index (χ1v) is 11.4. The molecular formula is C26H32FN5O3. The fourth-order valence-electron chi connectivity index (χ4n) is 3.41. The van der Waals surface area contributed by atoms with Crippen molar-refractivity contribution in [3.05, 3.63) is 66.5 Å². The van der Waals surface area contributed by atoms with Gasteiger partial charge >= 0.3 is 6.03 Å². The maximum atomic E-state index is 13.5. The third-order valence-electron chi connectivity index (χ3n) is 5.00. The fraction of sp³-hybridized carbons (Fsp3) is 0.346. The number of rotatable bonds is 9. The van der Waals surface area contributed by atoms with Gasteiger partial charge in [-0.2, -0.15) is 5.10 Å². The number of ether oxygens (including phenoxy) is 1. The van der Waals surface area contributed by atoms with Gasteiger partial charge < -0.3 is 20.3 Å². The number of carbonyl (C=O) groups excluding carboxylic acids is 2. The van der Waals surface area contributed by atoms with Crippen molar-refractivity contribution in [2.75, 3.05) is 32.1 Å². The third-order valence-corrected chi connectivity index (χ3v) is 5.00. The zero-order chi connectivity index (χ0) is 25.4. The maximum Gasteiger partial charge on any atom is 0.318 e. The SMILES string of the molecule is COCCCN(CC(=O)Nc1cc(-c2ccccc2)nn1-c1ccc(F)cc1)C(=O)NC(C)(C)C. The summed E-state index contributed by atoms with van der Waals surface area (Å²) in [7, 11) is 1.59. The Hall–Kier alpha value is -3.72. The predicted molar refractivity (Wildman–Crippen MR) is 134 cm³/mol. The quantitative estimate of drug-likeness (QED) is 0.442. The molecule has 0 aliphatic carbocycles. The number of nitrogens with one attached hydrogen (secondary N) is 2. The number of halogens is 1. The Morgan fingerprint density at radius 2 is 1.77 bits per heavy atom. The van der Waals surface area contributed by atoms with Crippen molar-refractivity contribution in [1.29, 1.82) is 0 Å². The molecule has 0 aliphatic heterocycles. The van der Waals surface area contributed by atoms with Crippen LogP contribution in [0.15, 0.2) is 60.7 Å². The average Bonchev–Trinajstić information content (AvgIpc) is 3.22. The van der Waals surface area contributed by atoms with E-state index >= 15 is 0 Å². The summed E-state index contributed by atoms with van der Waals surface area (Å²) >= 11 is 0. The van der Waals surface area contributed by atoms with Crippen LogP contribution in [0.4, 0.5) is 15.0 Å². The van der Waals surface area contributed by atoms with E-state index in [1.807, 2.05) is 51.1 Å². The van der Waals surface area contributed by atoms with Crippen molar-refractivity contribution in [2.24, 2.45) is 0 Å². The summed E-state index contributed by atoms with van der Waals surface area (Å²) in [5, 5.41) is 10.4. The molecular weight excluding hydrogens is 449 g/mol. The summed E-state index contributed by atoms with van der Waals surface area (Å²) < 4.78 is 20.1. The van der Waals surface area contributed by atoms with Crippen LogP contribution in [0, 0.1) is 5.82 Å². The first-order chi connectivity index (χ1) is 16.7. The van der Waals surface area contributed by atoms with Crippen LogP contribution in [0.25, 0.3) is 16.9 Å². The van der Waals surface area contributed by atoms with E-state index < -0.39 is 5.54 Å². The number of methoxy groups -OCH3 is 1. The second kappa shape index (κ2) is 11.6. The highest BCUT2D eigenvalue weighted by atomic mass is 19.1. The lowest BCUT2D eigenvalue weighted by Gasteiger charge is -2.28. The maximum absolute atomic E-state index is 13.5. The second-order valence-corrected chi connectivity index (χ2v) is 9.17. The number of anilines is 1. The van der Waals surface area contributed by atoms with Gasteiger partial charge in [0, 0.05) is 37.4 Å². The Kier molecular flexibility index (Phi) is 8.59. The third kappa shape index (κ3) is 7.65. The molecule has 2 aromatic carbocycles. The summed E-state index contributed by atoms with van der Waals surface area (Å²) in [6, 6.07) is 16.8. The molecule has 0 bridgehead atoms. The van der Waals surface area contributed by atoms with Crippen molar-refractivity contribution >= 4 is 17.8 Å². The molecule has 0 fully saturated rings. The number of amides is 3. The van der Waals surface area contributed by atoms with Gasteiger partial charge in [-0.25, -0.2) is 13.9 Å². The molecule has 2 N–H and O–H groups in total. The van der Waals surface area contributed by atoms with Crippen molar-refractivity contribution < 1.29 is 18.7 Å². The monoisotopic (exact) mass is 481 g/mol. The zero-order valence-corrected chi connectivity index (χ0v) is 20.5. The van der Waals surface area contributed by atoms with Gasteiger partial charge in [0.1, 0.15) is 18.2 Å². The number of urea groups is 1. The highest BCUT2D eigenvalue weighted by molar-refractivity contribution is 5.94. The molecule has 3 amide bonds. The molecule has 1 aromatic heterocycles. The number of hydrogen-bond acceptors (Lipinski definition) is 4. The van der Waals surface area contributed by atoms with Crippen LogP contribution in [0.2, 0.25) is 0 Å². The Morgan fingerprint density at radius 1 is 1.09 bits per heavy atom. The van der Waals surface area contributed by atoms with Crippen molar-refractivity contribution in [3.8, 4) is 16.9 Å². The summed E-state index contributed by atoms with van der Waals surface area (Å²) in [6.07, 6.45) is 0.590. The van der Waals surface area contributed by atoms with Crippen LogP contribution in [-0.2, 0) is 9.53 Å². The Bertz CT molecular complexity index is 1120. The zero-order valence-electron chi connectivity index (χ0n) is 20.5. The fourth-order valence-corrected chi connectivity index (χ4v) is 3.41. The summed E-state index contributed by atoms with van der Waals surface area (Å²) in [5.41, 5.74) is 1.66. The van der Waals surface area contributed by atoms with Crippen LogP contribution in [0.5, 0.6) is 0 Å². The minimum atomic E-state index is -0.446. The van der Waals surface area contributed by atoms with E-state index in [-0.39, 0.29) is 24.3 Å². The predicted octanol–water partition coefficient (Wildman–Crippen LogP) is 4.46. The normalized spacial score (nSPS) is 11.2. The molecule has 0 saturated carbocycles. The second-order valence-electron chi connectivity index (χ2n) is 9.17. The molecule has 0 radical (unpaired) electrons. The molecule has 3 aromatic rings. The van der Waals surface area contributed by atoms with Crippen molar-refractivity contribution in [2.45, 2.75) is 32.7 Å². The Labute approximate surface area is 205 Å². The largest absolute Gasteiger partial charge is 0.385 e. The van der Waals surface area contributed by atoms with E-state index in [1.165, 1.54) is 17.0 Å². The van der Waals surface area contributed by atoms with E-state index in [9.17, 15) is 14.0 Å². The molecule has 0 unspecified atom stereocenters. The van der Waals surface area contributed by atoms with E-state index in [2.05, 4.69) is 15.7 Å². The number of carbonyl (C=O) groups is 2. The van der Waals surface area contributed by atoms with Crippen LogP contribution >= 0.6 is 0 Å². The summed E-state index contributed by atoms with van der Waals surface area (Å²) in [5.74, 6) is -0.339. The topological polar surface area (TPSA) is 88.5 Å². The average molecular weight is 482 g/mol.